The number of carbonyl (C=O) groups excluding carboxylic acids is 3. The summed E-state index contributed by atoms with van der Waals surface area (Å²) in [5.41, 5.74) is 3.54. The molecule has 1 aliphatic heterocycles. The van der Waals surface area contributed by atoms with E-state index in [0.717, 1.165) is 17.5 Å². The number of likely N-dealkylation sites (tertiary alicyclic amines) is 1. The fourth-order valence-electron chi connectivity index (χ4n) is 4.41. The van der Waals surface area contributed by atoms with Gasteiger partial charge < -0.3 is 20.3 Å². The third-order valence-electron chi connectivity index (χ3n) is 6.51. The molecule has 3 aromatic rings. The molecule has 1 aliphatic rings. The summed E-state index contributed by atoms with van der Waals surface area (Å²) in [7, 11) is 0. The molecule has 0 unspecified atom stereocenters. The van der Waals surface area contributed by atoms with Gasteiger partial charge in [0.2, 0.25) is 5.91 Å². The molecular weight excluding hydrogens is 492 g/mol. The summed E-state index contributed by atoms with van der Waals surface area (Å²) >= 11 is 0. The molecule has 2 aromatic carbocycles. The van der Waals surface area contributed by atoms with Crippen LogP contribution in [0.15, 0.2) is 66.9 Å². The van der Waals surface area contributed by atoms with Gasteiger partial charge in [0.25, 0.3) is 0 Å². The normalized spacial score (nSPS) is 15.2. The van der Waals surface area contributed by atoms with Crippen molar-refractivity contribution in [2.24, 2.45) is 0 Å². The summed E-state index contributed by atoms with van der Waals surface area (Å²) in [6, 6.07) is 17.6. The minimum atomic E-state index is -0.568. The number of anilines is 2. The number of rotatable bonds is 6. The second-order valence-electron chi connectivity index (χ2n) is 11.1. The maximum absolute atomic E-state index is 13.0. The van der Waals surface area contributed by atoms with Crippen molar-refractivity contribution in [2.45, 2.75) is 65.0 Å². The van der Waals surface area contributed by atoms with Crippen LogP contribution in [-0.4, -0.2) is 46.0 Å². The molecule has 2 N–H and O–H groups in total. The van der Waals surface area contributed by atoms with Gasteiger partial charge in [0.1, 0.15) is 17.5 Å². The quantitative estimate of drug-likeness (QED) is 0.358. The van der Waals surface area contributed by atoms with Crippen molar-refractivity contribution in [2.75, 3.05) is 17.2 Å². The Morgan fingerprint density at radius 1 is 0.923 bits per heavy atom. The van der Waals surface area contributed by atoms with Gasteiger partial charge in [0.05, 0.1) is 5.56 Å². The predicted molar refractivity (Wildman–Crippen MR) is 153 cm³/mol. The maximum Gasteiger partial charge on any atom is 0.338 e. The molecule has 8 nitrogen and oxygen atoms in total. The van der Waals surface area contributed by atoms with Crippen LogP contribution in [0.5, 0.6) is 0 Å². The highest BCUT2D eigenvalue weighted by molar-refractivity contribution is 5.99. The van der Waals surface area contributed by atoms with Gasteiger partial charge in [-0.15, -0.1) is 0 Å². The smallest absolute Gasteiger partial charge is 0.338 e. The standard InChI is InChI=1S/C31H36N4O4/c1-20(2)21-12-15-25(16-13-21)33-30(38)35-18-6-7-26(35)28(36)34-27-17-14-24(19-32-27)22-8-10-23(11-9-22)29(37)39-31(3,4)5/h8-17,19-20,26H,6-7,18H2,1-5H3,(H,33,38)(H,32,34,36)/t26-/m1/s1. The molecule has 2 heterocycles. The average molecular weight is 529 g/mol. The fourth-order valence-corrected chi connectivity index (χ4v) is 4.41. The number of nitrogens with one attached hydrogen (secondary N) is 2. The Hall–Kier alpha value is -4.20. The van der Waals surface area contributed by atoms with E-state index >= 15 is 0 Å². The molecule has 8 heteroatoms. The molecule has 0 bridgehead atoms. The first-order chi connectivity index (χ1) is 18.5. The number of esters is 1. The van der Waals surface area contributed by atoms with Crippen LogP contribution in [0.3, 0.4) is 0 Å². The van der Waals surface area contributed by atoms with Crippen LogP contribution >= 0.6 is 0 Å². The molecular formula is C31H36N4O4. The van der Waals surface area contributed by atoms with E-state index < -0.39 is 11.6 Å². The molecule has 1 saturated heterocycles. The largest absolute Gasteiger partial charge is 0.456 e. The number of hydrogen-bond acceptors (Lipinski definition) is 5. The zero-order valence-corrected chi connectivity index (χ0v) is 23.2. The van der Waals surface area contributed by atoms with Crippen molar-refractivity contribution in [1.82, 2.24) is 9.88 Å². The second kappa shape index (κ2) is 11.7. The highest BCUT2D eigenvalue weighted by Gasteiger charge is 2.34. The number of hydrogen-bond donors (Lipinski definition) is 2. The Labute approximate surface area is 229 Å². The average Bonchev–Trinajstić information content (AvgIpc) is 3.39. The van der Waals surface area contributed by atoms with Gasteiger partial charge in [-0.25, -0.2) is 14.6 Å². The SMILES string of the molecule is CC(C)c1ccc(NC(=O)N2CCC[C@@H]2C(=O)Nc2ccc(-c3ccc(C(=O)OC(C)(C)C)cc3)cn2)cc1. The van der Waals surface area contributed by atoms with Crippen molar-refractivity contribution < 1.29 is 19.1 Å². The van der Waals surface area contributed by atoms with Crippen LogP contribution in [0, 0.1) is 0 Å². The van der Waals surface area contributed by atoms with Gasteiger partial charge in [-0.1, -0.05) is 38.1 Å². The van der Waals surface area contributed by atoms with E-state index in [9.17, 15) is 14.4 Å². The Balaban J connectivity index is 1.35. The summed E-state index contributed by atoms with van der Waals surface area (Å²) in [4.78, 5) is 44.2. The van der Waals surface area contributed by atoms with Crippen molar-refractivity contribution in [3.05, 3.63) is 78.0 Å². The first-order valence-electron chi connectivity index (χ1n) is 13.3. The lowest BCUT2D eigenvalue weighted by atomic mass is 10.0. The number of ether oxygens (including phenoxy) is 1. The van der Waals surface area contributed by atoms with Gasteiger partial charge in [0.15, 0.2) is 0 Å². The molecule has 0 radical (unpaired) electrons. The van der Waals surface area contributed by atoms with Crippen molar-refractivity contribution in [3.8, 4) is 11.1 Å². The number of benzene rings is 2. The number of nitrogens with zero attached hydrogens (tertiary/aromatic N) is 2. The molecule has 39 heavy (non-hydrogen) atoms. The highest BCUT2D eigenvalue weighted by Crippen LogP contribution is 2.24. The molecule has 1 atom stereocenters. The van der Waals surface area contributed by atoms with Crippen molar-refractivity contribution in [3.63, 3.8) is 0 Å². The Kier molecular flexibility index (Phi) is 8.33. The maximum atomic E-state index is 13.0. The Morgan fingerprint density at radius 2 is 1.59 bits per heavy atom. The van der Waals surface area contributed by atoms with Crippen LogP contribution < -0.4 is 10.6 Å². The molecule has 204 valence electrons. The van der Waals surface area contributed by atoms with E-state index in [0.29, 0.717) is 36.0 Å². The summed E-state index contributed by atoms with van der Waals surface area (Å²) in [5, 5.41) is 5.75. The topological polar surface area (TPSA) is 101 Å². The van der Waals surface area contributed by atoms with Crippen molar-refractivity contribution in [1.29, 1.82) is 0 Å². The van der Waals surface area contributed by atoms with Gasteiger partial charge in [-0.05, 0) is 87.1 Å². The summed E-state index contributed by atoms with van der Waals surface area (Å²) in [6.07, 6.45) is 3.01. The van der Waals surface area contributed by atoms with Crippen molar-refractivity contribution >= 4 is 29.4 Å². The van der Waals surface area contributed by atoms with E-state index in [1.165, 1.54) is 5.56 Å². The summed E-state index contributed by atoms with van der Waals surface area (Å²) < 4.78 is 5.41. The predicted octanol–water partition coefficient (Wildman–Crippen LogP) is 6.46. The van der Waals surface area contributed by atoms with Crippen LogP contribution in [0.2, 0.25) is 0 Å². The third kappa shape index (κ3) is 7.22. The first-order valence-corrected chi connectivity index (χ1v) is 13.3. The number of pyridine rings is 1. The summed E-state index contributed by atoms with van der Waals surface area (Å²) in [6.45, 7) is 10.2. The second-order valence-corrected chi connectivity index (χ2v) is 11.1. The fraction of sp³-hybridized carbons (Fsp3) is 0.355. The van der Waals surface area contributed by atoms with Crippen LogP contribution in [-0.2, 0) is 9.53 Å². The summed E-state index contributed by atoms with van der Waals surface area (Å²) in [5.74, 6) is 0.183. The zero-order chi connectivity index (χ0) is 28.2. The zero-order valence-electron chi connectivity index (χ0n) is 23.2. The van der Waals surface area contributed by atoms with E-state index in [2.05, 4.69) is 29.5 Å². The van der Waals surface area contributed by atoms with Gasteiger partial charge in [-0.3, -0.25) is 4.79 Å². The monoisotopic (exact) mass is 528 g/mol. The third-order valence-corrected chi connectivity index (χ3v) is 6.51. The molecule has 0 spiro atoms. The minimum Gasteiger partial charge on any atom is -0.456 e. The lowest BCUT2D eigenvalue weighted by Gasteiger charge is -2.24. The minimum absolute atomic E-state index is 0.264. The van der Waals surface area contributed by atoms with Crippen LogP contribution in [0.25, 0.3) is 11.1 Å². The number of amides is 3. The molecule has 1 aromatic heterocycles. The number of aromatic nitrogens is 1. The van der Waals surface area contributed by atoms with Crippen LogP contribution in [0.1, 0.15) is 69.3 Å². The molecule has 3 amide bonds. The van der Waals surface area contributed by atoms with Gasteiger partial charge in [0, 0.05) is 24.0 Å². The van der Waals surface area contributed by atoms with Gasteiger partial charge in [-0.2, -0.15) is 0 Å². The van der Waals surface area contributed by atoms with Gasteiger partial charge >= 0.3 is 12.0 Å². The molecule has 1 fully saturated rings. The number of urea groups is 1. The van der Waals surface area contributed by atoms with Crippen LogP contribution in [0.4, 0.5) is 16.3 Å². The first kappa shape index (κ1) is 27.8. The van der Waals surface area contributed by atoms with E-state index in [1.54, 1.807) is 29.3 Å². The molecule has 4 rings (SSSR count). The van der Waals surface area contributed by atoms with E-state index in [4.69, 9.17) is 4.74 Å². The Morgan fingerprint density at radius 3 is 2.18 bits per heavy atom. The Bertz CT molecular complexity index is 1310. The molecule has 0 aliphatic carbocycles. The lowest BCUT2D eigenvalue weighted by Crippen LogP contribution is -2.45. The highest BCUT2D eigenvalue weighted by atomic mass is 16.6. The molecule has 0 saturated carbocycles. The lowest BCUT2D eigenvalue weighted by molar-refractivity contribution is -0.119. The van der Waals surface area contributed by atoms with E-state index in [-0.39, 0.29) is 17.9 Å². The number of carbonyl (C=O) groups is 3. The van der Waals surface area contributed by atoms with E-state index in [1.807, 2.05) is 63.2 Å².